The fourth-order valence-corrected chi connectivity index (χ4v) is 1.03. The lowest BCUT2D eigenvalue weighted by Crippen LogP contribution is -2.32. The molecule has 0 heterocycles. The number of halogens is 1. The van der Waals surface area contributed by atoms with E-state index in [4.69, 9.17) is 15.9 Å². The summed E-state index contributed by atoms with van der Waals surface area (Å²) in [5.41, 5.74) is 5.09. The molecule has 0 radical (unpaired) electrons. The van der Waals surface area contributed by atoms with E-state index in [1.807, 2.05) is 0 Å². The van der Waals surface area contributed by atoms with Crippen molar-refractivity contribution in [3.8, 4) is 0 Å². The number of hydrogen-bond donors (Lipinski definition) is 3. The van der Waals surface area contributed by atoms with E-state index < -0.39 is 18.0 Å². The quantitative estimate of drug-likeness (QED) is 0.579. The first kappa shape index (κ1) is 14.1. The fraction of sp³-hybridized carbons (Fsp3) is 0.600. The van der Waals surface area contributed by atoms with E-state index >= 15 is 0 Å². The van der Waals surface area contributed by atoms with E-state index in [0.717, 1.165) is 11.8 Å². The highest BCUT2D eigenvalue weighted by Crippen LogP contribution is 2.00. The van der Waals surface area contributed by atoms with Gasteiger partial charge in [0.05, 0.1) is 5.75 Å². The third-order valence-corrected chi connectivity index (χ3v) is 1.89. The van der Waals surface area contributed by atoms with Crippen LogP contribution in [0.25, 0.3) is 0 Å². The molecule has 0 rings (SSSR count). The molecule has 0 saturated heterocycles. The zero-order valence-electron chi connectivity index (χ0n) is 6.10. The Morgan fingerprint density at radius 1 is 1.42 bits per heavy atom. The number of carboxylic acid groups (broad SMARTS) is 2. The largest absolute Gasteiger partial charge is 0.481 e. The molecule has 5 nitrogen and oxygen atoms in total. The van der Waals surface area contributed by atoms with Crippen molar-refractivity contribution in [2.24, 2.45) is 5.73 Å². The summed E-state index contributed by atoms with van der Waals surface area (Å²) in [7, 11) is 0. The summed E-state index contributed by atoms with van der Waals surface area (Å²) >= 11 is 0.992. The van der Waals surface area contributed by atoms with Gasteiger partial charge >= 0.3 is 11.9 Å². The van der Waals surface area contributed by atoms with Crippen LogP contribution in [-0.4, -0.2) is 39.7 Å². The van der Waals surface area contributed by atoms with Gasteiger partial charge in [0.25, 0.3) is 0 Å². The number of thioether (sulfide) groups is 1. The summed E-state index contributed by atoms with van der Waals surface area (Å²) in [6.45, 7) is 0. The van der Waals surface area contributed by atoms with Crippen LogP contribution in [0.5, 0.6) is 0 Å². The summed E-state index contributed by atoms with van der Waals surface area (Å²) in [4.78, 5) is 20.0. The van der Waals surface area contributed by atoms with Crippen molar-refractivity contribution in [3.63, 3.8) is 0 Å². The lowest BCUT2D eigenvalue weighted by atomic mass is 10.4. The van der Waals surface area contributed by atoms with Crippen LogP contribution in [-0.2, 0) is 9.59 Å². The van der Waals surface area contributed by atoms with Gasteiger partial charge in [0.15, 0.2) is 0 Å². The molecule has 0 aromatic rings. The van der Waals surface area contributed by atoms with Gasteiger partial charge in [-0.15, -0.1) is 24.2 Å². The lowest BCUT2D eigenvalue weighted by Gasteiger charge is -2.02. The molecule has 72 valence electrons. The van der Waals surface area contributed by atoms with Crippen molar-refractivity contribution < 1.29 is 19.8 Å². The molecule has 4 N–H and O–H groups in total. The average molecular weight is 216 g/mol. The second-order valence-electron chi connectivity index (χ2n) is 1.85. The van der Waals surface area contributed by atoms with Gasteiger partial charge in [-0.1, -0.05) is 0 Å². The Labute approximate surface area is 79.7 Å². The Hall–Kier alpha value is -0.460. The molecule has 0 aliphatic rings. The molecule has 0 fully saturated rings. The van der Waals surface area contributed by atoms with Gasteiger partial charge < -0.3 is 15.9 Å². The topological polar surface area (TPSA) is 101 Å². The van der Waals surface area contributed by atoms with Crippen LogP contribution in [0.2, 0.25) is 0 Å². The van der Waals surface area contributed by atoms with Gasteiger partial charge in [0.1, 0.15) is 6.04 Å². The van der Waals surface area contributed by atoms with Crippen LogP contribution in [0.4, 0.5) is 0 Å². The standard InChI is InChI=1S/C5H9NO4S.ClH/c6-3(5(9)10)1-11-2-4(7)8;/h3H,1-2,6H2,(H,7,8)(H,9,10);1H/t3-;/m0./s1. The Morgan fingerprint density at radius 3 is 2.25 bits per heavy atom. The molecular weight excluding hydrogens is 206 g/mol. The van der Waals surface area contributed by atoms with E-state index in [2.05, 4.69) is 0 Å². The minimum absolute atomic E-state index is 0. The highest BCUT2D eigenvalue weighted by Gasteiger charge is 2.11. The number of aliphatic carboxylic acids is 2. The number of carbonyl (C=O) groups is 2. The van der Waals surface area contributed by atoms with Gasteiger partial charge in [-0.3, -0.25) is 9.59 Å². The number of carboxylic acids is 2. The first-order valence-electron chi connectivity index (χ1n) is 2.82. The summed E-state index contributed by atoms with van der Waals surface area (Å²) in [6, 6.07) is -0.973. The van der Waals surface area contributed by atoms with E-state index in [0.29, 0.717) is 0 Å². The van der Waals surface area contributed by atoms with Crippen LogP contribution in [0.15, 0.2) is 0 Å². The van der Waals surface area contributed by atoms with Gasteiger partial charge in [-0.05, 0) is 0 Å². The smallest absolute Gasteiger partial charge is 0.321 e. The maximum atomic E-state index is 10.1. The molecule has 0 aromatic heterocycles. The Morgan fingerprint density at radius 2 is 1.92 bits per heavy atom. The van der Waals surface area contributed by atoms with Gasteiger partial charge in [-0.25, -0.2) is 0 Å². The van der Waals surface area contributed by atoms with Crippen LogP contribution < -0.4 is 5.73 Å². The number of nitrogens with two attached hydrogens (primary N) is 1. The van der Waals surface area contributed by atoms with Crippen LogP contribution >= 0.6 is 24.2 Å². The Kier molecular flexibility index (Phi) is 8.46. The summed E-state index contributed by atoms with van der Waals surface area (Å²) in [5.74, 6) is -2.06. The van der Waals surface area contributed by atoms with Gasteiger partial charge in [-0.2, -0.15) is 0 Å². The first-order valence-corrected chi connectivity index (χ1v) is 3.97. The minimum Gasteiger partial charge on any atom is -0.481 e. The zero-order chi connectivity index (χ0) is 8.85. The van der Waals surface area contributed by atoms with Crippen molar-refractivity contribution in [1.82, 2.24) is 0 Å². The van der Waals surface area contributed by atoms with Gasteiger partial charge in [0, 0.05) is 5.75 Å². The maximum absolute atomic E-state index is 10.1. The SMILES string of the molecule is Cl.N[C@@H](CSCC(=O)O)C(=O)O. The van der Waals surface area contributed by atoms with E-state index in [-0.39, 0.29) is 23.9 Å². The predicted octanol–water partition coefficient (Wildman–Crippen LogP) is -0.362. The van der Waals surface area contributed by atoms with Crippen molar-refractivity contribution in [2.45, 2.75) is 6.04 Å². The molecule has 0 bridgehead atoms. The molecular formula is C5H10ClNO4S. The van der Waals surface area contributed by atoms with Crippen LogP contribution in [0.1, 0.15) is 0 Å². The van der Waals surface area contributed by atoms with E-state index in [1.165, 1.54) is 0 Å². The molecule has 0 spiro atoms. The van der Waals surface area contributed by atoms with Crippen molar-refractivity contribution in [3.05, 3.63) is 0 Å². The lowest BCUT2D eigenvalue weighted by molar-refractivity contribution is -0.138. The van der Waals surface area contributed by atoms with E-state index in [1.54, 1.807) is 0 Å². The predicted molar refractivity (Wildman–Crippen MR) is 47.8 cm³/mol. The normalized spacial score (nSPS) is 11.4. The molecule has 0 aliphatic heterocycles. The van der Waals surface area contributed by atoms with Crippen molar-refractivity contribution >= 4 is 36.1 Å². The molecule has 12 heavy (non-hydrogen) atoms. The molecule has 0 unspecified atom stereocenters. The summed E-state index contributed by atoms with van der Waals surface area (Å²) in [6.07, 6.45) is 0. The highest BCUT2D eigenvalue weighted by molar-refractivity contribution is 8.00. The molecule has 1 atom stereocenters. The zero-order valence-corrected chi connectivity index (χ0v) is 7.73. The Bertz CT molecular complexity index is 166. The Balaban J connectivity index is 0. The third-order valence-electron chi connectivity index (χ3n) is 0.840. The third kappa shape index (κ3) is 7.64. The number of hydrogen-bond acceptors (Lipinski definition) is 4. The fourth-order valence-electron chi connectivity index (χ4n) is 0.344. The molecule has 0 amide bonds. The summed E-state index contributed by atoms with van der Waals surface area (Å²) in [5, 5.41) is 16.4. The van der Waals surface area contributed by atoms with Crippen molar-refractivity contribution in [1.29, 1.82) is 0 Å². The molecule has 0 aromatic carbocycles. The second-order valence-corrected chi connectivity index (χ2v) is 2.88. The minimum atomic E-state index is -1.11. The van der Waals surface area contributed by atoms with E-state index in [9.17, 15) is 9.59 Å². The maximum Gasteiger partial charge on any atom is 0.321 e. The second kappa shape index (κ2) is 7.20. The molecule has 0 saturated carbocycles. The average Bonchev–Trinajstić information content (AvgIpc) is 1.86. The van der Waals surface area contributed by atoms with Crippen LogP contribution in [0, 0.1) is 0 Å². The van der Waals surface area contributed by atoms with Crippen molar-refractivity contribution in [2.75, 3.05) is 11.5 Å². The van der Waals surface area contributed by atoms with Crippen LogP contribution in [0.3, 0.4) is 0 Å². The first-order chi connectivity index (χ1) is 5.04. The number of rotatable bonds is 5. The molecule has 7 heteroatoms. The highest BCUT2D eigenvalue weighted by atomic mass is 35.5. The van der Waals surface area contributed by atoms with Gasteiger partial charge in [0.2, 0.25) is 0 Å². The summed E-state index contributed by atoms with van der Waals surface area (Å²) < 4.78 is 0. The monoisotopic (exact) mass is 215 g/mol. The molecule has 0 aliphatic carbocycles.